The van der Waals surface area contributed by atoms with Gasteiger partial charge in [-0.05, 0) is 62.5 Å². The van der Waals surface area contributed by atoms with Crippen LogP contribution in [0.1, 0.15) is 43.2 Å². The number of hydrogen-bond acceptors (Lipinski definition) is 5. The molecule has 4 rings (SSSR count). The molecule has 1 aromatic carbocycles. The molecule has 152 valence electrons. The summed E-state index contributed by atoms with van der Waals surface area (Å²) in [6.45, 7) is 3.72. The fourth-order valence-electron chi connectivity index (χ4n) is 5.24. The number of ether oxygens (including phenoxy) is 1. The van der Waals surface area contributed by atoms with Crippen LogP contribution in [0, 0.1) is 31.6 Å². The molecule has 0 aromatic heterocycles. The second-order valence-electron chi connectivity index (χ2n) is 8.33. The van der Waals surface area contributed by atoms with Crippen LogP contribution in [-0.2, 0) is 14.3 Å². The van der Waals surface area contributed by atoms with E-state index in [1.54, 1.807) is 0 Å². The van der Waals surface area contributed by atoms with Crippen LogP contribution in [0.2, 0.25) is 0 Å². The molecule has 0 radical (unpaired) electrons. The van der Waals surface area contributed by atoms with Gasteiger partial charge in [0, 0.05) is 17.2 Å². The minimum atomic E-state index is -0.264. The first kappa shape index (κ1) is 20.1. The summed E-state index contributed by atoms with van der Waals surface area (Å²) in [5, 5.41) is 2.89. The molecule has 1 saturated heterocycles. The summed E-state index contributed by atoms with van der Waals surface area (Å²) >= 11 is 4.28. The number of rotatable bonds is 4. The third-order valence-corrected chi connectivity index (χ3v) is 10.6. The highest BCUT2D eigenvalue weighted by Crippen LogP contribution is 2.64. The fraction of sp³-hybridized carbons (Fsp3) is 0.636. The van der Waals surface area contributed by atoms with Gasteiger partial charge in [0.15, 0.2) is 6.61 Å². The van der Waals surface area contributed by atoms with Gasteiger partial charge < -0.3 is 10.1 Å². The molecule has 1 spiro atoms. The molecular formula is C22H29NO3S2. The van der Waals surface area contributed by atoms with Crippen molar-refractivity contribution in [2.75, 3.05) is 23.4 Å². The standard InChI is InChI=1S/C22H29NO3S2/c1-14-5-3-6-15(2)20(14)23-19(24)13-26-21(25)16-11-17-7-4-8-18(12-16)22(17)27-9-10-28-22/h3,5-6,16-18H,4,7-13H2,1-2H3,(H,23,24)/t16?,17-,18+. The molecule has 4 nitrogen and oxygen atoms in total. The maximum absolute atomic E-state index is 12.7. The Bertz CT molecular complexity index is 724. The number of benzene rings is 1. The van der Waals surface area contributed by atoms with E-state index >= 15 is 0 Å². The number of aryl methyl sites for hydroxylation is 2. The molecule has 1 unspecified atom stereocenters. The normalized spacial score (nSPS) is 28.1. The summed E-state index contributed by atoms with van der Waals surface area (Å²) in [4.78, 5) is 25.0. The van der Waals surface area contributed by atoms with Crippen LogP contribution in [-0.4, -0.2) is 34.1 Å². The van der Waals surface area contributed by atoms with E-state index < -0.39 is 0 Å². The zero-order valence-electron chi connectivity index (χ0n) is 16.7. The van der Waals surface area contributed by atoms with E-state index in [9.17, 15) is 9.59 Å². The molecule has 3 atom stereocenters. The molecule has 1 amide bonds. The summed E-state index contributed by atoms with van der Waals surface area (Å²) < 4.78 is 5.80. The van der Waals surface area contributed by atoms with Crippen LogP contribution in [0.3, 0.4) is 0 Å². The van der Waals surface area contributed by atoms with E-state index in [0.717, 1.165) is 29.7 Å². The SMILES string of the molecule is Cc1cccc(C)c1NC(=O)COC(=O)C1C[C@H]2CCC[C@@H](C1)C21SCCS1. The number of carbonyl (C=O) groups excluding carboxylic acids is 2. The van der Waals surface area contributed by atoms with Crippen molar-refractivity contribution in [1.82, 2.24) is 0 Å². The molecule has 3 fully saturated rings. The number of hydrogen-bond donors (Lipinski definition) is 1. The number of anilines is 1. The molecule has 28 heavy (non-hydrogen) atoms. The van der Waals surface area contributed by atoms with Gasteiger partial charge in [0.1, 0.15) is 0 Å². The molecule has 3 aliphatic rings. The van der Waals surface area contributed by atoms with Gasteiger partial charge in [0.05, 0.1) is 10.00 Å². The smallest absolute Gasteiger partial charge is 0.309 e. The first-order valence-corrected chi connectivity index (χ1v) is 12.3. The Morgan fingerprint density at radius 3 is 2.32 bits per heavy atom. The van der Waals surface area contributed by atoms with Crippen LogP contribution in [0.25, 0.3) is 0 Å². The number of para-hydroxylation sites is 1. The quantitative estimate of drug-likeness (QED) is 0.711. The molecule has 1 aromatic rings. The van der Waals surface area contributed by atoms with Crippen LogP contribution in [0.4, 0.5) is 5.69 Å². The van der Waals surface area contributed by atoms with E-state index in [1.165, 1.54) is 30.8 Å². The van der Waals surface area contributed by atoms with Crippen molar-refractivity contribution in [3.63, 3.8) is 0 Å². The summed E-state index contributed by atoms with van der Waals surface area (Å²) in [5.41, 5.74) is 2.83. The lowest BCUT2D eigenvalue weighted by Gasteiger charge is -2.51. The van der Waals surface area contributed by atoms with Crippen LogP contribution in [0.5, 0.6) is 0 Å². The molecule has 1 N–H and O–H groups in total. The van der Waals surface area contributed by atoms with Crippen molar-refractivity contribution in [3.05, 3.63) is 29.3 Å². The van der Waals surface area contributed by atoms with Crippen molar-refractivity contribution in [3.8, 4) is 0 Å². The monoisotopic (exact) mass is 419 g/mol. The second kappa shape index (κ2) is 8.31. The van der Waals surface area contributed by atoms with Gasteiger partial charge in [-0.15, -0.1) is 23.5 Å². The Kier molecular flexibility index (Phi) is 5.98. The van der Waals surface area contributed by atoms with Crippen LogP contribution < -0.4 is 5.32 Å². The third kappa shape index (κ3) is 3.82. The van der Waals surface area contributed by atoms with Gasteiger partial charge in [0.2, 0.25) is 0 Å². The maximum atomic E-state index is 12.7. The number of thioether (sulfide) groups is 2. The zero-order valence-corrected chi connectivity index (χ0v) is 18.3. The van der Waals surface area contributed by atoms with Gasteiger partial charge in [-0.25, -0.2) is 0 Å². The summed E-state index contributed by atoms with van der Waals surface area (Å²) in [6, 6.07) is 5.89. The van der Waals surface area contributed by atoms with Crippen LogP contribution >= 0.6 is 23.5 Å². The predicted molar refractivity (Wildman–Crippen MR) is 117 cm³/mol. The van der Waals surface area contributed by atoms with E-state index in [0.29, 0.717) is 15.9 Å². The lowest BCUT2D eigenvalue weighted by molar-refractivity contribution is -0.154. The number of carbonyl (C=O) groups is 2. The molecule has 1 heterocycles. The molecule has 2 bridgehead atoms. The van der Waals surface area contributed by atoms with Crippen molar-refractivity contribution in [2.24, 2.45) is 17.8 Å². The van der Waals surface area contributed by atoms with Gasteiger partial charge in [-0.2, -0.15) is 0 Å². The second-order valence-corrected chi connectivity index (χ2v) is 11.3. The zero-order chi connectivity index (χ0) is 19.7. The van der Waals surface area contributed by atoms with Crippen molar-refractivity contribution in [2.45, 2.75) is 50.0 Å². The minimum Gasteiger partial charge on any atom is -0.455 e. The molecule has 6 heteroatoms. The highest BCUT2D eigenvalue weighted by atomic mass is 32.2. The summed E-state index contributed by atoms with van der Waals surface area (Å²) in [6.07, 6.45) is 5.60. The summed E-state index contributed by atoms with van der Waals surface area (Å²) in [5.74, 6) is 3.21. The average molecular weight is 420 g/mol. The van der Waals surface area contributed by atoms with E-state index in [1.807, 2.05) is 32.0 Å². The van der Waals surface area contributed by atoms with Gasteiger partial charge in [0.25, 0.3) is 5.91 Å². The van der Waals surface area contributed by atoms with Gasteiger partial charge in [-0.1, -0.05) is 24.6 Å². The lowest BCUT2D eigenvalue weighted by Crippen LogP contribution is -2.48. The first-order valence-electron chi connectivity index (χ1n) is 10.3. The fourth-order valence-corrected chi connectivity index (χ4v) is 9.18. The maximum Gasteiger partial charge on any atom is 0.309 e. The van der Waals surface area contributed by atoms with Crippen molar-refractivity contribution in [1.29, 1.82) is 0 Å². The van der Waals surface area contributed by atoms with Crippen LogP contribution in [0.15, 0.2) is 18.2 Å². The number of amides is 1. The molecule has 2 aliphatic carbocycles. The molecular weight excluding hydrogens is 390 g/mol. The van der Waals surface area contributed by atoms with E-state index in [4.69, 9.17) is 4.74 Å². The Morgan fingerprint density at radius 1 is 1.11 bits per heavy atom. The van der Waals surface area contributed by atoms with Crippen molar-refractivity contribution >= 4 is 41.1 Å². The van der Waals surface area contributed by atoms with Gasteiger partial charge in [-0.3, -0.25) is 9.59 Å². The number of esters is 1. The Balaban J connectivity index is 1.33. The van der Waals surface area contributed by atoms with E-state index in [-0.39, 0.29) is 24.4 Å². The topological polar surface area (TPSA) is 55.4 Å². The van der Waals surface area contributed by atoms with E-state index in [2.05, 4.69) is 28.8 Å². The Hall–Kier alpha value is -1.14. The largest absolute Gasteiger partial charge is 0.455 e. The molecule has 1 aliphatic heterocycles. The molecule has 2 saturated carbocycles. The first-order chi connectivity index (χ1) is 13.5. The average Bonchev–Trinajstić information content (AvgIpc) is 3.12. The van der Waals surface area contributed by atoms with Gasteiger partial charge >= 0.3 is 5.97 Å². The highest BCUT2D eigenvalue weighted by Gasteiger charge is 2.55. The van der Waals surface area contributed by atoms with Crippen molar-refractivity contribution < 1.29 is 14.3 Å². The third-order valence-electron chi connectivity index (χ3n) is 6.54. The highest BCUT2D eigenvalue weighted by molar-refractivity contribution is 8.21. The Morgan fingerprint density at radius 2 is 1.71 bits per heavy atom. The lowest BCUT2D eigenvalue weighted by atomic mass is 9.67. The predicted octanol–water partition coefficient (Wildman–Crippen LogP) is 4.79. The summed E-state index contributed by atoms with van der Waals surface area (Å²) in [7, 11) is 0. The Labute approximate surface area is 175 Å². The number of nitrogens with one attached hydrogen (secondary N) is 1. The minimum absolute atomic E-state index is 0.0456.